The summed E-state index contributed by atoms with van der Waals surface area (Å²) in [7, 11) is -1.55. The quantitative estimate of drug-likeness (QED) is 0.394. The summed E-state index contributed by atoms with van der Waals surface area (Å²) in [4.78, 5) is 12.8. The maximum atomic E-state index is 12.8. The Kier molecular flexibility index (Phi) is 8.90. The molecule has 1 aliphatic rings. The smallest absolute Gasteiger partial charge is 0.211 e. The van der Waals surface area contributed by atoms with Gasteiger partial charge in [-0.25, -0.2) is 12.7 Å². The molecule has 0 atom stereocenters. The van der Waals surface area contributed by atoms with Gasteiger partial charge in [-0.1, -0.05) is 43.1 Å². The summed E-state index contributed by atoms with van der Waals surface area (Å²) in [6.45, 7) is 5.05. The highest BCUT2D eigenvalue weighted by atomic mass is 35.5. The molecule has 1 aliphatic heterocycles. The van der Waals surface area contributed by atoms with Crippen molar-refractivity contribution in [3.8, 4) is 17.2 Å². The highest BCUT2D eigenvalue weighted by Crippen LogP contribution is 2.40. The monoisotopic (exact) mass is 527 g/mol. The molecule has 0 aliphatic carbocycles. The molecule has 0 unspecified atom stereocenters. The number of methoxy groups -OCH3 is 1. The number of Topliss-reactive ketones (excluding diaryl/α,β-unsaturated/α-hetero) is 1. The maximum Gasteiger partial charge on any atom is 0.211 e. The van der Waals surface area contributed by atoms with Crippen LogP contribution in [0.4, 0.5) is 0 Å². The van der Waals surface area contributed by atoms with Crippen LogP contribution in [0.25, 0.3) is 0 Å². The van der Waals surface area contributed by atoms with Crippen LogP contribution in [0.2, 0.25) is 10.0 Å². The fraction of sp³-hybridized carbons (Fsp3) is 0.480. The zero-order chi connectivity index (χ0) is 25.0. The van der Waals surface area contributed by atoms with Gasteiger partial charge >= 0.3 is 0 Å². The fourth-order valence-corrected chi connectivity index (χ4v) is 5.59. The maximum absolute atomic E-state index is 12.8. The number of piperidine rings is 1. The van der Waals surface area contributed by atoms with Gasteiger partial charge in [-0.3, -0.25) is 4.79 Å². The zero-order valence-electron chi connectivity index (χ0n) is 19.9. The lowest BCUT2D eigenvalue weighted by atomic mass is 9.91. The molecule has 186 valence electrons. The second-order valence-electron chi connectivity index (χ2n) is 9.04. The number of rotatable bonds is 9. The SMILES string of the molecule is COc1ccc(Oc2c(Cl)ccc(CC(=O)CC3CCN(S(C)(=O)=O)CC3)c2Cl)cc1C(C)C. The van der Waals surface area contributed by atoms with E-state index in [4.69, 9.17) is 32.7 Å². The molecule has 6 nitrogen and oxygen atoms in total. The molecule has 2 aromatic rings. The predicted octanol–water partition coefficient (Wildman–Crippen LogP) is 6.09. The summed E-state index contributed by atoms with van der Waals surface area (Å²) in [5.41, 5.74) is 1.65. The minimum atomic E-state index is -3.18. The molecule has 0 N–H and O–H groups in total. The number of carbonyl (C=O) groups is 1. The van der Waals surface area contributed by atoms with Crippen LogP contribution in [0.3, 0.4) is 0 Å². The molecule has 1 saturated heterocycles. The van der Waals surface area contributed by atoms with Crippen molar-refractivity contribution in [3.05, 3.63) is 51.5 Å². The number of hydrogen-bond acceptors (Lipinski definition) is 5. The zero-order valence-corrected chi connectivity index (χ0v) is 22.3. The lowest BCUT2D eigenvalue weighted by Crippen LogP contribution is -2.38. The molecule has 0 saturated carbocycles. The third-order valence-corrected chi connectivity index (χ3v) is 8.13. The minimum absolute atomic E-state index is 0.0551. The van der Waals surface area contributed by atoms with E-state index < -0.39 is 10.0 Å². The largest absolute Gasteiger partial charge is 0.496 e. The molecule has 0 amide bonds. The van der Waals surface area contributed by atoms with Crippen LogP contribution in [0.1, 0.15) is 50.2 Å². The second kappa shape index (κ2) is 11.3. The Morgan fingerprint density at radius 3 is 2.41 bits per heavy atom. The van der Waals surface area contributed by atoms with Crippen molar-refractivity contribution in [2.24, 2.45) is 5.92 Å². The van der Waals surface area contributed by atoms with E-state index in [0.717, 1.165) is 11.3 Å². The number of benzene rings is 2. The Hall–Kier alpha value is -1.80. The average Bonchev–Trinajstić information content (AvgIpc) is 2.78. The topological polar surface area (TPSA) is 72.9 Å². The van der Waals surface area contributed by atoms with E-state index in [2.05, 4.69) is 13.8 Å². The number of nitrogens with zero attached hydrogens (tertiary/aromatic N) is 1. The van der Waals surface area contributed by atoms with Crippen molar-refractivity contribution in [2.75, 3.05) is 26.5 Å². The Morgan fingerprint density at radius 1 is 1.15 bits per heavy atom. The number of hydrogen-bond donors (Lipinski definition) is 0. The van der Waals surface area contributed by atoms with E-state index in [1.165, 1.54) is 10.6 Å². The van der Waals surface area contributed by atoms with Gasteiger partial charge in [0, 0.05) is 31.5 Å². The van der Waals surface area contributed by atoms with Crippen LogP contribution in [-0.2, 0) is 21.2 Å². The number of halogens is 2. The number of carbonyl (C=O) groups excluding carboxylic acids is 1. The van der Waals surface area contributed by atoms with Crippen molar-refractivity contribution < 1.29 is 22.7 Å². The Labute approximate surface area is 212 Å². The van der Waals surface area contributed by atoms with E-state index in [-0.39, 0.29) is 24.0 Å². The van der Waals surface area contributed by atoms with E-state index >= 15 is 0 Å². The normalized spacial score (nSPS) is 15.5. The van der Waals surface area contributed by atoms with Crippen molar-refractivity contribution in [2.45, 2.75) is 45.4 Å². The molecule has 0 spiro atoms. The van der Waals surface area contributed by atoms with Crippen molar-refractivity contribution in [1.82, 2.24) is 4.31 Å². The molecule has 34 heavy (non-hydrogen) atoms. The van der Waals surface area contributed by atoms with Gasteiger partial charge in [0.15, 0.2) is 5.75 Å². The fourth-order valence-electron chi connectivity index (χ4n) is 4.20. The number of ketones is 1. The molecule has 3 rings (SSSR count). The van der Waals surface area contributed by atoms with Crippen LogP contribution in [-0.4, -0.2) is 45.0 Å². The van der Waals surface area contributed by atoms with E-state index in [0.29, 0.717) is 59.5 Å². The highest BCUT2D eigenvalue weighted by Gasteiger charge is 2.26. The first-order valence-corrected chi connectivity index (χ1v) is 13.9. The van der Waals surface area contributed by atoms with E-state index in [1.54, 1.807) is 25.3 Å². The van der Waals surface area contributed by atoms with Gasteiger partial charge < -0.3 is 9.47 Å². The van der Waals surface area contributed by atoms with Gasteiger partial charge in [-0.2, -0.15) is 0 Å². The van der Waals surface area contributed by atoms with Gasteiger partial charge in [0.1, 0.15) is 17.3 Å². The number of ether oxygens (including phenoxy) is 2. The standard InChI is InChI=1S/C25H31Cl2NO5S/c1-16(2)21-15-20(6-8-23(21)32-3)33-25-22(26)7-5-18(24(25)27)14-19(29)13-17-9-11-28(12-10-17)34(4,30)31/h5-8,15-17H,9-14H2,1-4H3. The summed E-state index contributed by atoms with van der Waals surface area (Å²) in [6.07, 6.45) is 3.13. The predicted molar refractivity (Wildman–Crippen MR) is 136 cm³/mol. The minimum Gasteiger partial charge on any atom is -0.496 e. The second-order valence-corrected chi connectivity index (χ2v) is 11.8. The van der Waals surface area contributed by atoms with Crippen molar-refractivity contribution in [1.29, 1.82) is 0 Å². The Morgan fingerprint density at radius 2 is 1.82 bits per heavy atom. The highest BCUT2D eigenvalue weighted by molar-refractivity contribution is 7.88. The lowest BCUT2D eigenvalue weighted by Gasteiger charge is -2.29. The Bertz CT molecular complexity index is 1140. The van der Waals surface area contributed by atoms with Gasteiger partial charge in [0.05, 0.1) is 23.4 Å². The van der Waals surface area contributed by atoms with Crippen LogP contribution in [0.5, 0.6) is 17.2 Å². The molecular formula is C25H31Cl2NO5S. The summed E-state index contributed by atoms with van der Waals surface area (Å²) in [5, 5.41) is 0.672. The lowest BCUT2D eigenvalue weighted by molar-refractivity contribution is -0.119. The summed E-state index contributed by atoms with van der Waals surface area (Å²) in [6, 6.07) is 8.96. The first-order chi connectivity index (χ1) is 16.0. The van der Waals surface area contributed by atoms with Gasteiger partial charge in [0.25, 0.3) is 0 Å². The molecule has 1 heterocycles. The molecular weight excluding hydrogens is 497 g/mol. The summed E-state index contributed by atoms with van der Waals surface area (Å²) in [5.74, 6) is 2.13. The third kappa shape index (κ3) is 6.66. The van der Waals surface area contributed by atoms with Crippen molar-refractivity contribution in [3.63, 3.8) is 0 Å². The first-order valence-electron chi connectivity index (χ1n) is 11.3. The van der Waals surface area contributed by atoms with Crippen LogP contribution in [0, 0.1) is 5.92 Å². The molecule has 2 aromatic carbocycles. The molecule has 0 bridgehead atoms. The van der Waals surface area contributed by atoms with Crippen molar-refractivity contribution >= 4 is 39.0 Å². The van der Waals surface area contributed by atoms with Crippen LogP contribution < -0.4 is 9.47 Å². The Balaban J connectivity index is 1.70. The molecule has 1 fully saturated rings. The average molecular weight is 528 g/mol. The van der Waals surface area contributed by atoms with E-state index in [9.17, 15) is 13.2 Å². The van der Waals surface area contributed by atoms with Crippen LogP contribution >= 0.6 is 23.2 Å². The van der Waals surface area contributed by atoms with Gasteiger partial charge in [-0.15, -0.1) is 0 Å². The summed E-state index contributed by atoms with van der Waals surface area (Å²) < 4.78 is 36.3. The first kappa shape index (κ1) is 26.8. The molecule has 0 aromatic heterocycles. The third-order valence-electron chi connectivity index (χ3n) is 6.12. The van der Waals surface area contributed by atoms with Gasteiger partial charge in [-0.05, 0) is 54.5 Å². The molecule has 9 heteroatoms. The van der Waals surface area contributed by atoms with Crippen LogP contribution in [0.15, 0.2) is 30.3 Å². The number of sulfonamides is 1. The van der Waals surface area contributed by atoms with E-state index in [1.807, 2.05) is 12.1 Å². The molecule has 0 radical (unpaired) electrons. The van der Waals surface area contributed by atoms with Gasteiger partial charge in [0.2, 0.25) is 10.0 Å². The summed E-state index contributed by atoms with van der Waals surface area (Å²) >= 11 is 13.0.